The van der Waals surface area contributed by atoms with Crippen LogP contribution in [0.5, 0.6) is 0 Å². The Bertz CT molecular complexity index is 947. The van der Waals surface area contributed by atoms with Crippen molar-refractivity contribution in [3.8, 4) is 0 Å². The molecule has 2 aromatic heterocycles. The Balaban J connectivity index is 1.80. The zero-order valence-corrected chi connectivity index (χ0v) is 16.4. The summed E-state index contributed by atoms with van der Waals surface area (Å²) in [6, 6.07) is 5.65. The van der Waals surface area contributed by atoms with Crippen LogP contribution in [-0.2, 0) is 5.75 Å². The van der Waals surface area contributed by atoms with Gasteiger partial charge in [0.05, 0.1) is 0 Å². The van der Waals surface area contributed by atoms with E-state index in [1.165, 1.54) is 11.3 Å². The van der Waals surface area contributed by atoms with E-state index in [0.717, 1.165) is 38.1 Å². The maximum absolute atomic E-state index is 11.9. The molecule has 0 aliphatic carbocycles. The molecule has 1 aromatic carbocycles. The molecular formula is C18H21N3O2S2. The largest absolute Gasteiger partial charge is 0.422 e. The van der Waals surface area contributed by atoms with E-state index < -0.39 is 0 Å². The van der Waals surface area contributed by atoms with Crippen LogP contribution in [0, 0.1) is 19.8 Å². The predicted molar refractivity (Wildman–Crippen MR) is 105 cm³/mol. The third-order valence-electron chi connectivity index (χ3n) is 3.94. The molecule has 0 bridgehead atoms. The van der Waals surface area contributed by atoms with Crippen LogP contribution in [0.2, 0.25) is 0 Å². The van der Waals surface area contributed by atoms with E-state index in [-0.39, 0.29) is 5.63 Å². The number of fused-ring (bicyclic) bond motifs is 1. The molecule has 0 atom stereocenters. The first kappa shape index (κ1) is 17.9. The smallest absolute Gasteiger partial charge is 0.336 e. The number of thioether (sulfide) groups is 1. The second-order valence-electron chi connectivity index (χ2n) is 6.41. The summed E-state index contributed by atoms with van der Waals surface area (Å²) >= 11 is 3.12. The molecule has 2 heterocycles. The van der Waals surface area contributed by atoms with Crippen LogP contribution >= 0.6 is 23.1 Å². The van der Waals surface area contributed by atoms with Crippen LogP contribution in [-0.4, -0.2) is 16.7 Å². The van der Waals surface area contributed by atoms with Crippen molar-refractivity contribution in [2.75, 3.05) is 11.9 Å². The van der Waals surface area contributed by atoms with Gasteiger partial charge in [0.2, 0.25) is 5.13 Å². The molecule has 0 saturated heterocycles. The van der Waals surface area contributed by atoms with E-state index in [1.54, 1.807) is 17.8 Å². The SMILES string of the molecule is Cc1ccc2c(CSc3nnc(NCC(C)C)s3)cc(=O)oc2c1C. The maximum Gasteiger partial charge on any atom is 0.336 e. The summed E-state index contributed by atoms with van der Waals surface area (Å²) in [4.78, 5) is 11.9. The van der Waals surface area contributed by atoms with E-state index in [4.69, 9.17) is 4.42 Å². The third-order valence-corrected chi connectivity index (χ3v) is 6.00. The van der Waals surface area contributed by atoms with Crippen LogP contribution < -0.4 is 10.9 Å². The number of benzene rings is 1. The number of aromatic nitrogens is 2. The van der Waals surface area contributed by atoms with E-state index >= 15 is 0 Å². The van der Waals surface area contributed by atoms with Crippen molar-refractivity contribution in [2.24, 2.45) is 5.92 Å². The van der Waals surface area contributed by atoms with Crippen molar-refractivity contribution in [3.05, 3.63) is 45.3 Å². The van der Waals surface area contributed by atoms with Gasteiger partial charge in [0.1, 0.15) is 5.58 Å². The van der Waals surface area contributed by atoms with E-state index in [0.29, 0.717) is 17.3 Å². The van der Waals surface area contributed by atoms with Crippen molar-refractivity contribution in [3.63, 3.8) is 0 Å². The Hall–Kier alpha value is -1.86. The van der Waals surface area contributed by atoms with Crippen LogP contribution in [0.15, 0.2) is 31.8 Å². The molecule has 0 radical (unpaired) electrons. The number of nitrogens with zero attached hydrogens (tertiary/aromatic N) is 2. The molecule has 0 fully saturated rings. The first-order valence-corrected chi connectivity index (χ1v) is 9.97. The zero-order chi connectivity index (χ0) is 18.0. The molecule has 0 aliphatic heterocycles. The topological polar surface area (TPSA) is 68.0 Å². The van der Waals surface area contributed by atoms with Gasteiger partial charge in [0, 0.05) is 23.8 Å². The molecule has 132 valence electrons. The summed E-state index contributed by atoms with van der Waals surface area (Å²) in [5.41, 5.74) is 3.46. The zero-order valence-electron chi connectivity index (χ0n) is 14.8. The van der Waals surface area contributed by atoms with E-state index in [9.17, 15) is 4.79 Å². The molecule has 0 saturated carbocycles. The Kier molecular flexibility index (Phi) is 5.44. The van der Waals surface area contributed by atoms with Gasteiger partial charge >= 0.3 is 5.63 Å². The molecule has 7 heteroatoms. The molecule has 0 aliphatic rings. The summed E-state index contributed by atoms with van der Waals surface area (Å²) < 4.78 is 6.31. The quantitative estimate of drug-likeness (QED) is 0.501. The standard InChI is InChI=1S/C18H21N3O2S2/c1-10(2)8-19-17-20-21-18(25-17)24-9-13-7-15(22)23-16-12(4)11(3)5-6-14(13)16/h5-7,10H,8-9H2,1-4H3,(H,19,20). The summed E-state index contributed by atoms with van der Waals surface area (Å²) in [7, 11) is 0. The lowest BCUT2D eigenvalue weighted by molar-refractivity contribution is 0.557. The molecule has 1 N–H and O–H groups in total. The van der Waals surface area contributed by atoms with Gasteiger partial charge in [-0.25, -0.2) is 4.79 Å². The normalized spacial score (nSPS) is 11.4. The lowest BCUT2D eigenvalue weighted by Gasteiger charge is -2.08. The number of aryl methyl sites for hydroxylation is 2. The minimum absolute atomic E-state index is 0.312. The van der Waals surface area contributed by atoms with Crippen molar-refractivity contribution >= 4 is 39.2 Å². The average Bonchev–Trinajstić information content (AvgIpc) is 3.02. The average molecular weight is 376 g/mol. The minimum Gasteiger partial charge on any atom is -0.422 e. The highest BCUT2D eigenvalue weighted by molar-refractivity contribution is 8.00. The second-order valence-corrected chi connectivity index (χ2v) is 8.61. The summed E-state index contributed by atoms with van der Waals surface area (Å²) in [5, 5.41) is 13.5. The van der Waals surface area contributed by atoms with Gasteiger partial charge in [0.15, 0.2) is 4.34 Å². The van der Waals surface area contributed by atoms with Gasteiger partial charge < -0.3 is 9.73 Å². The Morgan fingerprint density at radius 2 is 2.08 bits per heavy atom. The van der Waals surface area contributed by atoms with E-state index in [1.807, 2.05) is 19.9 Å². The fourth-order valence-corrected chi connectivity index (χ4v) is 4.16. The van der Waals surface area contributed by atoms with Crippen molar-refractivity contribution < 1.29 is 4.42 Å². The maximum atomic E-state index is 11.9. The lowest BCUT2D eigenvalue weighted by Crippen LogP contribution is -2.07. The Morgan fingerprint density at radius 1 is 1.28 bits per heavy atom. The first-order chi connectivity index (χ1) is 11.9. The molecule has 0 amide bonds. The molecule has 5 nitrogen and oxygen atoms in total. The summed E-state index contributed by atoms with van der Waals surface area (Å²) in [6.45, 7) is 9.18. The predicted octanol–water partition coefficient (Wildman–Crippen LogP) is 4.62. The first-order valence-electron chi connectivity index (χ1n) is 8.17. The lowest BCUT2D eigenvalue weighted by atomic mass is 10.0. The monoisotopic (exact) mass is 375 g/mol. The molecule has 25 heavy (non-hydrogen) atoms. The molecule has 0 spiro atoms. The van der Waals surface area contributed by atoms with Gasteiger partial charge in [0.25, 0.3) is 0 Å². The van der Waals surface area contributed by atoms with Gasteiger partial charge in [-0.1, -0.05) is 49.1 Å². The van der Waals surface area contributed by atoms with Crippen LogP contribution in [0.4, 0.5) is 5.13 Å². The van der Waals surface area contributed by atoms with Crippen molar-refractivity contribution in [2.45, 2.75) is 37.8 Å². The number of hydrogen-bond donors (Lipinski definition) is 1. The fourth-order valence-electron chi connectivity index (χ4n) is 2.41. The third kappa shape index (κ3) is 4.22. The second kappa shape index (κ2) is 7.58. The minimum atomic E-state index is -0.312. The summed E-state index contributed by atoms with van der Waals surface area (Å²) in [5.74, 6) is 1.21. The number of nitrogens with one attached hydrogen (secondary N) is 1. The Morgan fingerprint density at radius 3 is 2.84 bits per heavy atom. The van der Waals surface area contributed by atoms with Crippen LogP contribution in [0.3, 0.4) is 0 Å². The highest BCUT2D eigenvalue weighted by Crippen LogP contribution is 2.31. The van der Waals surface area contributed by atoms with Crippen molar-refractivity contribution in [1.29, 1.82) is 0 Å². The van der Waals surface area contributed by atoms with Gasteiger partial charge in [-0.05, 0) is 36.5 Å². The van der Waals surface area contributed by atoms with Crippen LogP contribution in [0.25, 0.3) is 11.0 Å². The highest BCUT2D eigenvalue weighted by Gasteiger charge is 2.11. The van der Waals surface area contributed by atoms with E-state index in [2.05, 4.69) is 35.4 Å². The number of rotatable bonds is 6. The Labute approximate surface area is 154 Å². The molecule has 3 rings (SSSR count). The van der Waals surface area contributed by atoms with Crippen molar-refractivity contribution in [1.82, 2.24) is 10.2 Å². The van der Waals surface area contributed by atoms with Gasteiger partial charge in [-0.2, -0.15) is 0 Å². The molecule has 3 aromatic rings. The number of anilines is 1. The van der Waals surface area contributed by atoms with Crippen LogP contribution in [0.1, 0.15) is 30.5 Å². The highest BCUT2D eigenvalue weighted by atomic mass is 32.2. The van der Waals surface area contributed by atoms with Gasteiger partial charge in [-0.3, -0.25) is 0 Å². The van der Waals surface area contributed by atoms with Gasteiger partial charge in [-0.15, -0.1) is 10.2 Å². The summed E-state index contributed by atoms with van der Waals surface area (Å²) in [6.07, 6.45) is 0. The fraction of sp³-hybridized carbons (Fsp3) is 0.389. The molecule has 0 unspecified atom stereocenters. The molecular weight excluding hydrogens is 354 g/mol. The number of hydrogen-bond acceptors (Lipinski definition) is 7.